The third kappa shape index (κ3) is 2.99. The first-order chi connectivity index (χ1) is 11.9. The molecule has 1 aliphatic carbocycles. The summed E-state index contributed by atoms with van der Waals surface area (Å²) in [6, 6.07) is 12.8. The average molecular weight is 363 g/mol. The molecule has 3 atom stereocenters. The van der Waals surface area contributed by atoms with E-state index in [2.05, 4.69) is 0 Å². The second-order valence-corrected chi connectivity index (χ2v) is 8.75. The number of benzene rings is 2. The summed E-state index contributed by atoms with van der Waals surface area (Å²) in [6.07, 6.45) is 0. The smallest absolute Gasteiger partial charge is 0.182 e. The van der Waals surface area contributed by atoms with E-state index in [1.54, 1.807) is 36.4 Å². The predicted molar refractivity (Wildman–Crippen MR) is 94.7 cm³/mol. The van der Waals surface area contributed by atoms with Gasteiger partial charge in [-0.3, -0.25) is 0 Å². The minimum absolute atomic E-state index is 0.151. The van der Waals surface area contributed by atoms with Gasteiger partial charge in [0.25, 0.3) is 0 Å². The summed E-state index contributed by atoms with van der Waals surface area (Å²) < 4.78 is 45.4. The zero-order valence-electron chi connectivity index (χ0n) is 14.3. The van der Waals surface area contributed by atoms with Crippen molar-refractivity contribution in [2.24, 2.45) is 11.1 Å². The largest absolute Gasteiger partial charge is 0.384 e. The van der Waals surface area contributed by atoms with Gasteiger partial charge in [-0.05, 0) is 36.8 Å². The quantitative estimate of drug-likeness (QED) is 0.857. The lowest BCUT2D eigenvalue weighted by atomic mass is 10.00. The van der Waals surface area contributed by atoms with Crippen molar-refractivity contribution in [2.45, 2.75) is 23.0 Å². The van der Waals surface area contributed by atoms with E-state index < -0.39 is 20.5 Å². The first kappa shape index (κ1) is 18.0. The second-order valence-electron chi connectivity index (χ2n) is 6.68. The number of hydrogen-bond acceptors (Lipinski definition) is 4. The number of halogens is 1. The molecule has 4 nitrogen and oxygen atoms in total. The average Bonchev–Trinajstić information content (AvgIpc) is 3.26. The lowest BCUT2D eigenvalue weighted by Gasteiger charge is -2.15. The highest BCUT2D eigenvalue weighted by atomic mass is 32.2. The summed E-state index contributed by atoms with van der Waals surface area (Å²) in [7, 11) is -2.10. The SMILES string of the molecule is COC[C@@]1(CN)[C@@H](c2cccc(F)c2)[C@@H]1S(=O)(=O)c1ccc(C)cc1. The van der Waals surface area contributed by atoms with Crippen molar-refractivity contribution in [3.05, 3.63) is 65.5 Å². The summed E-state index contributed by atoms with van der Waals surface area (Å²) in [4.78, 5) is 0.260. The molecule has 1 aliphatic rings. The molecule has 25 heavy (non-hydrogen) atoms. The Kier molecular flexibility index (Phi) is 4.70. The second kappa shape index (κ2) is 6.52. The Morgan fingerprint density at radius 3 is 2.44 bits per heavy atom. The van der Waals surface area contributed by atoms with Crippen LogP contribution in [0.4, 0.5) is 4.39 Å². The number of methoxy groups -OCH3 is 1. The van der Waals surface area contributed by atoms with Gasteiger partial charge < -0.3 is 10.5 Å². The molecule has 1 fully saturated rings. The molecule has 2 N–H and O–H groups in total. The topological polar surface area (TPSA) is 69.4 Å². The molecule has 134 valence electrons. The molecule has 0 heterocycles. The molecule has 0 saturated heterocycles. The maximum atomic E-state index is 13.7. The Hall–Kier alpha value is -1.76. The standard InChI is InChI=1S/C19H22FNO3S/c1-13-6-8-16(9-7-13)25(22,23)18-17(19(18,11-21)12-24-2)14-4-3-5-15(20)10-14/h3-10,17-18H,11-12,21H2,1-2H3/t17-,18-,19-/m0/s1. The van der Waals surface area contributed by atoms with Crippen LogP contribution in [0.15, 0.2) is 53.4 Å². The summed E-state index contributed by atoms with van der Waals surface area (Å²) in [5.41, 5.74) is 6.85. The molecule has 0 amide bonds. The Morgan fingerprint density at radius 1 is 1.20 bits per heavy atom. The van der Waals surface area contributed by atoms with Gasteiger partial charge in [-0.25, -0.2) is 12.8 Å². The fraction of sp³-hybridized carbons (Fsp3) is 0.368. The number of hydrogen-bond donors (Lipinski definition) is 1. The van der Waals surface area contributed by atoms with Crippen molar-refractivity contribution in [3.8, 4) is 0 Å². The highest BCUT2D eigenvalue weighted by Gasteiger charge is 2.70. The number of nitrogens with two attached hydrogens (primary N) is 1. The number of aryl methyl sites for hydroxylation is 1. The highest BCUT2D eigenvalue weighted by molar-refractivity contribution is 7.92. The van der Waals surface area contributed by atoms with E-state index in [4.69, 9.17) is 10.5 Å². The Bertz CT molecular complexity index is 866. The van der Waals surface area contributed by atoms with Gasteiger partial charge in [0, 0.05) is 25.0 Å². The van der Waals surface area contributed by atoms with Gasteiger partial charge in [0.1, 0.15) is 5.82 Å². The fourth-order valence-electron chi connectivity index (χ4n) is 3.77. The van der Waals surface area contributed by atoms with Gasteiger partial charge in [0.2, 0.25) is 0 Å². The van der Waals surface area contributed by atoms with Crippen molar-refractivity contribution in [3.63, 3.8) is 0 Å². The van der Waals surface area contributed by atoms with Crippen LogP contribution >= 0.6 is 0 Å². The first-order valence-corrected chi connectivity index (χ1v) is 9.66. The molecular formula is C19H22FNO3S. The molecule has 2 aromatic carbocycles. The van der Waals surface area contributed by atoms with Crippen LogP contribution < -0.4 is 5.73 Å². The predicted octanol–water partition coefficient (Wildman–Crippen LogP) is 2.67. The first-order valence-electron chi connectivity index (χ1n) is 8.12. The van der Waals surface area contributed by atoms with Crippen LogP contribution in [0.2, 0.25) is 0 Å². The Balaban J connectivity index is 2.07. The molecule has 0 aliphatic heterocycles. The van der Waals surface area contributed by atoms with Gasteiger partial charge in [0.15, 0.2) is 9.84 Å². The van der Waals surface area contributed by atoms with E-state index in [1.165, 1.54) is 19.2 Å². The van der Waals surface area contributed by atoms with Crippen molar-refractivity contribution >= 4 is 9.84 Å². The van der Waals surface area contributed by atoms with Gasteiger partial charge in [0.05, 0.1) is 16.8 Å². The maximum Gasteiger partial charge on any atom is 0.182 e. The minimum atomic E-state index is -3.62. The van der Waals surface area contributed by atoms with E-state index >= 15 is 0 Å². The third-order valence-electron chi connectivity index (χ3n) is 5.06. The Labute approximate surface area is 147 Å². The summed E-state index contributed by atoms with van der Waals surface area (Å²) in [5, 5.41) is -0.727. The van der Waals surface area contributed by atoms with Crippen LogP contribution in [-0.2, 0) is 14.6 Å². The van der Waals surface area contributed by atoms with E-state index in [-0.39, 0.29) is 29.8 Å². The maximum absolute atomic E-state index is 13.7. The van der Waals surface area contributed by atoms with Crippen LogP contribution in [0.1, 0.15) is 17.0 Å². The van der Waals surface area contributed by atoms with E-state index in [9.17, 15) is 12.8 Å². The van der Waals surface area contributed by atoms with Crippen molar-refractivity contribution in [2.75, 3.05) is 20.3 Å². The fourth-order valence-corrected chi connectivity index (χ4v) is 6.21. The molecule has 0 bridgehead atoms. The minimum Gasteiger partial charge on any atom is -0.384 e. The molecular weight excluding hydrogens is 341 g/mol. The number of rotatable bonds is 6. The molecule has 3 rings (SSSR count). The zero-order chi connectivity index (χ0) is 18.2. The van der Waals surface area contributed by atoms with Crippen LogP contribution in [-0.4, -0.2) is 33.9 Å². The van der Waals surface area contributed by atoms with Crippen LogP contribution in [0.3, 0.4) is 0 Å². The molecule has 2 aromatic rings. The highest BCUT2D eigenvalue weighted by Crippen LogP contribution is 2.63. The van der Waals surface area contributed by atoms with E-state index in [0.717, 1.165) is 5.56 Å². The third-order valence-corrected chi connectivity index (χ3v) is 7.40. The van der Waals surface area contributed by atoms with E-state index in [1.807, 2.05) is 6.92 Å². The summed E-state index contributed by atoms with van der Waals surface area (Å²) >= 11 is 0. The van der Waals surface area contributed by atoms with Gasteiger partial charge in [-0.15, -0.1) is 0 Å². The van der Waals surface area contributed by atoms with Crippen LogP contribution in [0.5, 0.6) is 0 Å². The zero-order valence-corrected chi connectivity index (χ0v) is 15.1. The van der Waals surface area contributed by atoms with Gasteiger partial charge in [-0.2, -0.15) is 0 Å². The molecule has 0 spiro atoms. The number of ether oxygens (including phenoxy) is 1. The summed E-state index contributed by atoms with van der Waals surface area (Å²) in [6.45, 7) is 2.26. The molecule has 0 unspecified atom stereocenters. The van der Waals surface area contributed by atoms with Gasteiger partial charge >= 0.3 is 0 Å². The van der Waals surface area contributed by atoms with Gasteiger partial charge in [-0.1, -0.05) is 29.8 Å². The molecule has 6 heteroatoms. The van der Waals surface area contributed by atoms with Crippen LogP contribution in [0, 0.1) is 18.2 Å². The normalized spacial score (nSPS) is 25.8. The van der Waals surface area contributed by atoms with Crippen LogP contribution in [0.25, 0.3) is 0 Å². The molecule has 1 saturated carbocycles. The lowest BCUT2D eigenvalue weighted by molar-refractivity contribution is 0.142. The Morgan fingerprint density at radius 2 is 1.88 bits per heavy atom. The van der Waals surface area contributed by atoms with Crippen molar-refractivity contribution in [1.82, 2.24) is 0 Å². The van der Waals surface area contributed by atoms with E-state index in [0.29, 0.717) is 5.56 Å². The van der Waals surface area contributed by atoms with Crippen molar-refractivity contribution in [1.29, 1.82) is 0 Å². The molecule has 0 aromatic heterocycles. The van der Waals surface area contributed by atoms with Crippen molar-refractivity contribution < 1.29 is 17.5 Å². The summed E-state index contributed by atoms with van der Waals surface area (Å²) in [5.74, 6) is -0.779. The molecule has 0 radical (unpaired) electrons. The number of sulfone groups is 1. The lowest BCUT2D eigenvalue weighted by Crippen LogP contribution is -2.28. The monoisotopic (exact) mass is 363 g/mol.